The Morgan fingerprint density at radius 2 is 1.86 bits per heavy atom. The molecule has 0 spiro atoms. The molecular weight excluding hydrogens is 326 g/mol. The van der Waals surface area contributed by atoms with Crippen molar-refractivity contribution in [3.05, 3.63) is 53.1 Å². The molecular formula is C15H14ClNO4S. The topological polar surface area (TPSA) is 72.5 Å². The zero-order valence-electron chi connectivity index (χ0n) is 12.0. The number of amides is 1. The lowest BCUT2D eigenvalue weighted by molar-refractivity contribution is 0.0979. The van der Waals surface area contributed by atoms with E-state index in [1.54, 1.807) is 30.3 Å². The van der Waals surface area contributed by atoms with Crippen molar-refractivity contribution in [1.82, 2.24) is 4.72 Å². The summed E-state index contributed by atoms with van der Waals surface area (Å²) < 4.78 is 29.7. The highest BCUT2D eigenvalue weighted by molar-refractivity contribution is 7.89. The second kappa shape index (κ2) is 6.37. The highest BCUT2D eigenvalue weighted by atomic mass is 35.5. The molecule has 1 N–H and O–H groups in total. The molecule has 2 rings (SSSR count). The number of hydrogen-bond donors (Lipinski definition) is 1. The summed E-state index contributed by atoms with van der Waals surface area (Å²) in [5, 5.41) is 0.547. The van der Waals surface area contributed by atoms with Crippen molar-refractivity contribution in [2.45, 2.75) is 0 Å². The minimum absolute atomic E-state index is 0.130. The minimum Gasteiger partial charge on any atom is -0.495 e. The number of ether oxygens (including phenoxy) is 1. The summed E-state index contributed by atoms with van der Waals surface area (Å²) in [6.45, 7) is 0. The Morgan fingerprint density at radius 3 is 2.45 bits per heavy atom. The van der Waals surface area contributed by atoms with Crippen molar-refractivity contribution in [2.75, 3.05) is 13.4 Å². The van der Waals surface area contributed by atoms with Crippen LogP contribution in [-0.4, -0.2) is 27.7 Å². The number of benzene rings is 2. The van der Waals surface area contributed by atoms with E-state index in [0.717, 1.165) is 11.8 Å². The standard InChI is InChI=1S/C15H14ClNO4S/c1-21-14-12(10-5-3-6-11(16)9-10)7-4-8-13(14)15(18)17-22(2,19)20/h3-9H,1-2H3,(H,17,18). The SMILES string of the molecule is COc1c(C(=O)NS(C)(=O)=O)cccc1-c1cccc(Cl)c1. The van der Waals surface area contributed by atoms with Gasteiger partial charge in [0.25, 0.3) is 5.91 Å². The largest absolute Gasteiger partial charge is 0.495 e. The quantitative estimate of drug-likeness (QED) is 0.929. The molecule has 0 aromatic heterocycles. The van der Waals surface area contributed by atoms with Crippen LogP contribution in [0.5, 0.6) is 5.75 Å². The fraction of sp³-hybridized carbons (Fsp3) is 0.133. The molecule has 0 aliphatic carbocycles. The van der Waals surface area contributed by atoms with Crippen molar-refractivity contribution in [2.24, 2.45) is 0 Å². The van der Waals surface area contributed by atoms with Crippen molar-refractivity contribution < 1.29 is 17.9 Å². The number of nitrogens with one attached hydrogen (secondary N) is 1. The smallest absolute Gasteiger partial charge is 0.268 e. The molecule has 0 heterocycles. The Morgan fingerprint density at radius 1 is 1.18 bits per heavy atom. The summed E-state index contributed by atoms with van der Waals surface area (Å²) in [7, 11) is -2.24. The number of methoxy groups -OCH3 is 1. The van der Waals surface area contributed by atoms with E-state index in [1.165, 1.54) is 13.2 Å². The van der Waals surface area contributed by atoms with E-state index in [0.29, 0.717) is 10.6 Å². The van der Waals surface area contributed by atoms with Crippen LogP contribution in [0.15, 0.2) is 42.5 Å². The van der Waals surface area contributed by atoms with Crippen LogP contribution in [0.4, 0.5) is 0 Å². The molecule has 0 saturated carbocycles. The van der Waals surface area contributed by atoms with Crippen LogP contribution < -0.4 is 9.46 Å². The first-order chi connectivity index (χ1) is 10.3. The highest BCUT2D eigenvalue weighted by Crippen LogP contribution is 2.34. The minimum atomic E-state index is -3.66. The molecule has 116 valence electrons. The number of halogens is 1. The first kappa shape index (κ1) is 16.3. The van der Waals surface area contributed by atoms with Crippen LogP contribution in [0, 0.1) is 0 Å². The van der Waals surface area contributed by atoms with E-state index in [1.807, 2.05) is 10.8 Å². The van der Waals surface area contributed by atoms with Gasteiger partial charge in [-0.3, -0.25) is 4.79 Å². The van der Waals surface area contributed by atoms with Crippen LogP contribution in [0.25, 0.3) is 11.1 Å². The van der Waals surface area contributed by atoms with E-state index in [2.05, 4.69) is 0 Å². The van der Waals surface area contributed by atoms with Gasteiger partial charge in [-0.2, -0.15) is 0 Å². The van der Waals surface area contributed by atoms with E-state index in [4.69, 9.17) is 16.3 Å². The van der Waals surface area contributed by atoms with Gasteiger partial charge < -0.3 is 4.74 Å². The monoisotopic (exact) mass is 339 g/mol. The zero-order valence-corrected chi connectivity index (χ0v) is 13.5. The summed E-state index contributed by atoms with van der Waals surface area (Å²) in [5.74, 6) is -0.464. The fourth-order valence-electron chi connectivity index (χ4n) is 2.04. The average Bonchev–Trinajstić information content (AvgIpc) is 2.44. The van der Waals surface area contributed by atoms with E-state index in [-0.39, 0.29) is 11.3 Å². The Labute approximate surface area is 133 Å². The predicted molar refractivity (Wildman–Crippen MR) is 85.8 cm³/mol. The van der Waals surface area contributed by atoms with Gasteiger partial charge in [-0.05, 0) is 23.8 Å². The highest BCUT2D eigenvalue weighted by Gasteiger charge is 2.19. The third kappa shape index (κ3) is 3.78. The molecule has 2 aromatic rings. The maximum Gasteiger partial charge on any atom is 0.268 e. The Kier molecular flexibility index (Phi) is 4.73. The summed E-state index contributed by atoms with van der Waals surface area (Å²) >= 11 is 5.98. The maximum atomic E-state index is 12.1. The molecule has 0 unspecified atom stereocenters. The van der Waals surface area contributed by atoms with Gasteiger partial charge in [0, 0.05) is 10.6 Å². The van der Waals surface area contributed by atoms with Gasteiger partial charge >= 0.3 is 0 Å². The second-order valence-electron chi connectivity index (χ2n) is 4.60. The first-order valence-electron chi connectivity index (χ1n) is 6.27. The number of carbonyl (C=O) groups excluding carboxylic acids is 1. The van der Waals surface area contributed by atoms with Crippen LogP contribution in [0.3, 0.4) is 0 Å². The third-order valence-corrected chi connectivity index (χ3v) is 3.67. The molecule has 0 atom stereocenters. The van der Waals surface area contributed by atoms with Gasteiger partial charge in [-0.25, -0.2) is 13.1 Å². The van der Waals surface area contributed by atoms with Gasteiger partial charge in [0.1, 0.15) is 5.75 Å². The summed E-state index contributed by atoms with van der Waals surface area (Å²) in [4.78, 5) is 12.1. The van der Waals surface area contributed by atoms with E-state index in [9.17, 15) is 13.2 Å². The Bertz CT molecular complexity index is 818. The molecule has 7 heteroatoms. The predicted octanol–water partition coefficient (Wildman–Crippen LogP) is 2.71. The van der Waals surface area contributed by atoms with E-state index >= 15 is 0 Å². The number of para-hydroxylation sites is 1. The molecule has 22 heavy (non-hydrogen) atoms. The fourth-order valence-corrected chi connectivity index (χ4v) is 2.68. The lowest BCUT2D eigenvalue weighted by Gasteiger charge is -2.13. The summed E-state index contributed by atoms with van der Waals surface area (Å²) in [5.41, 5.74) is 1.54. The van der Waals surface area contributed by atoms with Gasteiger partial charge in [0.05, 0.1) is 18.9 Å². The maximum absolute atomic E-state index is 12.1. The number of hydrogen-bond acceptors (Lipinski definition) is 4. The summed E-state index contributed by atoms with van der Waals surface area (Å²) in [6.07, 6.45) is 0.915. The van der Waals surface area contributed by atoms with Crippen LogP contribution in [-0.2, 0) is 10.0 Å². The molecule has 1 amide bonds. The molecule has 5 nitrogen and oxygen atoms in total. The number of sulfonamides is 1. The van der Waals surface area contributed by atoms with E-state index < -0.39 is 15.9 Å². The second-order valence-corrected chi connectivity index (χ2v) is 6.78. The average molecular weight is 340 g/mol. The van der Waals surface area contributed by atoms with Crippen molar-refractivity contribution in [3.8, 4) is 16.9 Å². The lowest BCUT2D eigenvalue weighted by atomic mass is 10.0. The molecule has 2 aromatic carbocycles. The van der Waals surface area contributed by atoms with Gasteiger partial charge in [0.2, 0.25) is 10.0 Å². The molecule has 0 aliphatic rings. The van der Waals surface area contributed by atoms with Crippen molar-refractivity contribution in [1.29, 1.82) is 0 Å². The van der Waals surface area contributed by atoms with Gasteiger partial charge in [0.15, 0.2) is 0 Å². The third-order valence-electron chi connectivity index (χ3n) is 2.88. The zero-order chi connectivity index (χ0) is 16.3. The normalized spacial score (nSPS) is 11.0. The van der Waals surface area contributed by atoms with Gasteiger partial charge in [-0.1, -0.05) is 35.9 Å². The molecule has 0 radical (unpaired) electrons. The molecule has 0 saturated heterocycles. The molecule has 0 fully saturated rings. The van der Waals surface area contributed by atoms with Crippen LogP contribution >= 0.6 is 11.6 Å². The number of rotatable bonds is 4. The summed E-state index contributed by atoms with van der Waals surface area (Å²) in [6, 6.07) is 12.0. The van der Waals surface area contributed by atoms with Crippen molar-refractivity contribution in [3.63, 3.8) is 0 Å². The molecule has 0 aliphatic heterocycles. The van der Waals surface area contributed by atoms with Crippen LogP contribution in [0.1, 0.15) is 10.4 Å². The first-order valence-corrected chi connectivity index (χ1v) is 8.54. The number of carbonyl (C=O) groups is 1. The Balaban J connectivity index is 2.55. The van der Waals surface area contributed by atoms with Crippen LogP contribution in [0.2, 0.25) is 5.02 Å². The van der Waals surface area contributed by atoms with Crippen molar-refractivity contribution >= 4 is 27.5 Å². The molecule has 0 bridgehead atoms. The Hall–Kier alpha value is -2.05. The lowest BCUT2D eigenvalue weighted by Crippen LogP contribution is -2.29. The van der Waals surface area contributed by atoms with Gasteiger partial charge in [-0.15, -0.1) is 0 Å².